The highest BCUT2D eigenvalue weighted by Crippen LogP contribution is 2.27. The van der Waals surface area contributed by atoms with Crippen LogP contribution in [0.2, 0.25) is 0 Å². The highest BCUT2D eigenvalue weighted by Gasteiger charge is 2.23. The van der Waals surface area contributed by atoms with Crippen LogP contribution in [-0.2, 0) is 14.6 Å². The Morgan fingerprint density at radius 2 is 1.91 bits per heavy atom. The molecule has 0 spiro atoms. The van der Waals surface area contributed by atoms with Crippen molar-refractivity contribution in [1.82, 2.24) is 4.90 Å². The predicted octanol–water partition coefficient (Wildman–Crippen LogP) is 1.79. The molecule has 0 atom stereocenters. The van der Waals surface area contributed by atoms with Gasteiger partial charge in [-0.15, -0.1) is 0 Å². The molecule has 6 heteroatoms. The number of benzene rings is 1. The average molecular weight is 324 g/mol. The molecule has 2 rings (SSSR count). The van der Waals surface area contributed by atoms with Gasteiger partial charge in [-0.2, -0.15) is 0 Å². The Morgan fingerprint density at radius 3 is 2.50 bits per heavy atom. The number of rotatable bonds is 4. The molecular weight excluding hydrogens is 300 g/mol. The molecule has 0 unspecified atom stereocenters. The van der Waals surface area contributed by atoms with Crippen molar-refractivity contribution in [3.63, 3.8) is 0 Å². The normalized spacial score (nSPS) is 18.4. The molecule has 1 fully saturated rings. The Balaban J connectivity index is 2.01. The van der Waals surface area contributed by atoms with E-state index in [-0.39, 0.29) is 24.0 Å². The van der Waals surface area contributed by atoms with Crippen LogP contribution in [0.25, 0.3) is 0 Å². The second kappa shape index (κ2) is 6.79. The van der Waals surface area contributed by atoms with Gasteiger partial charge in [0.2, 0.25) is 5.91 Å². The standard InChI is InChI=1S/C16H24N2O3S/c1-12(2)14-6-4-5-13(3)16(14)17-15(19)11-18-7-9-22(20,21)10-8-18/h4-6,12H,7-11H2,1-3H3,(H,17,19). The fourth-order valence-electron chi connectivity index (χ4n) is 2.63. The van der Waals surface area contributed by atoms with Crippen molar-refractivity contribution in [2.75, 3.05) is 36.5 Å². The lowest BCUT2D eigenvalue weighted by atomic mass is 9.98. The SMILES string of the molecule is Cc1cccc(C(C)C)c1NC(=O)CN1CCS(=O)(=O)CC1. The number of anilines is 1. The summed E-state index contributed by atoms with van der Waals surface area (Å²) in [6, 6.07) is 6.01. The van der Waals surface area contributed by atoms with Crippen molar-refractivity contribution < 1.29 is 13.2 Å². The second-order valence-corrected chi connectivity index (χ2v) is 8.47. The summed E-state index contributed by atoms with van der Waals surface area (Å²) in [5, 5.41) is 3.00. The number of sulfone groups is 1. The summed E-state index contributed by atoms with van der Waals surface area (Å²) in [6.45, 7) is 7.28. The largest absolute Gasteiger partial charge is 0.324 e. The van der Waals surface area contributed by atoms with E-state index >= 15 is 0 Å². The fraction of sp³-hybridized carbons (Fsp3) is 0.562. The molecule has 22 heavy (non-hydrogen) atoms. The summed E-state index contributed by atoms with van der Waals surface area (Å²) >= 11 is 0. The zero-order valence-corrected chi connectivity index (χ0v) is 14.2. The van der Waals surface area contributed by atoms with Gasteiger partial charge in [0.25, 0.3) is 0 Å². The van der Waals surface area contributed by atoms with E-state index in [1.165, 1.54) is 0 Å². The lowest BCUT2D eigenvalue weighted by Gasteiger charge is -2.26. The molecule has 0 bridgehead atoms. The van der Waals surface area contributed by atoms with E-state index in [4.69, 9.17) is 0 Å². The van der Waals surface area contributed by atoms with Crippen molar-refractivity contribution in [2.45, 2.75) is 26.7 Å². The first kappa shape index (κ1) is 17.0. The van der Waals surface area contributed by atoms with Gasteiger partial charge in [0.15, 0.2) is 9.84 Å². The average Bonchev–Trinajstić information content (AvgIpc) is 2.43. The highest BCUT2D eigenvalue weighted by atomic mass is 32.2. The summed E-state index contributed by atoms with van der Waals surface area (Å²) in [6.07, 6.45) is 0. The molecule has 1 amide bonds. The number of amides is 1. The first-order valence-corrected chi connectivity index (χ1v) is 9.43. The minimum absolute atomic E-state index is 0.0875. The number of nitrogens with zero attached hydrogens (tertiary/aromatic N) is 1. The number of aryl methyl sites for hydroxylation is 1. The predicted molar refractivity (Wildman–Crippen MR) is 89.0 cm³/mol. The molecule has 1 aromatic carbocycles. The summed E-state index contributed by atoms with van der Waals surface area (Å²) in [4.78, 5) is 14.2. The van der Waals surface area contributed by atoms with Gasteiger partial charge in [-0.25, -0.2) is 8.42 Å². The maximum Gasteiger partial charge on any atom is 0.238 e. The Morgan fingerprint density at radius 1 is 1.27 bits per heavy atom. The monoisotopic (exact) mass is 324 g/mol. The molecule has 0 aliphatic carbocycles. The zero-order chi connectivity index (χ0) is 16.3. The van der Waals surface area contributed by atoms with E-state index in [9.17, 15) is 13.2 Å². The topological polar surface area (TPSA) is 66.5 Å². The first-order valence-electron chi connectivity index (χ1n) is 7.60. The van der Waals surface area contributed by atoms with Crippen LogP contribution in [0.1, 0.15) is 30.9 Å². The van der Waals surface area contributed by atoms with Crippen molar-refractivity contribution in [2.24, 2.45) is 0 Å². The van der Waals surface area contributed by atoms with Crippen LogP contribution in [0.4, 0.5) is 5.69 Å². The minimum atomic E-state index is -2.91. The van der Waals surface area contributed by atoms with Gasteiger partial charge in [0, 0.05) is 18.8 Å². The molecule has 1 aliphatic heterocycles. The van der Waals surface area contributed by atoms with Crippen molar-refractivity contribution >= 4 is 21.4 Å². The van der Waals surface area contributed by atoms with Gasteiger partial charge in [0.1, 0.15) is 0 Å². The third-order valence-electron chi connectivity index (χ3n) is 4.00. The molecule has 122 valence electrons. The maximum absolute atomic E-state index is 12.3. The number of para-hydroxylation sites is 1. The van der Waals surface area contributed by atoms with Crippen LogP contribution in [0.15, 0.2) is 18.2 Å². The molecule has 5 nitrogen and oxygen atoms in total. The minimum Gasteiger partial charge on any atom is -0.324 e. The number of carbonyl (C=O) groups is 1. The summed E-state index contributed by atoms with van der Waals surface area (Å²) < 4.78 is 22.8. The van der Waals surface area contributed by atoms with Crippen molar-refractivity contribution in [1.29, 1.82) is 0 Å². The Labute approximate surface area is 132 Å². The molecule has 1 heterocycles. The van der Waals surface area contributed by atoms with Crippen LogP contribution in [-0.4, -0.2) is 50.4 Å². The summed E-state index contributed by atoms with van der Waals surface area (Å²) in [5.41, 5.74) is 3.04. The number of hydrogen-bond donors (Lipinski definition) is 1. The fourth-order valence-corrected chi connectivity index (χ4v) is 3.91. The van der Waals surface area contributed by atoms with E-state index < -0.39 is 9.84 Å². The number of hydrogen-bond acceptors (Lipinski definition) is 4. The van der Waals surface area contributed by atoms with Gasteiger partial charge >= 0.3 is 0 Å². The van der Waals surface area contributed by atoms with Crippen LogP contribution in [0.5, 0.6) is 0 Å². The lowest BCUT2D eigenvalue weighted by Crippen LogP contribution is -2.44. The van der Waals surface area contributed by atoms with Crippen molar-refractivity contribution in [3.8, 4) is 0 Å². The Bertz CT molecular complexity index is 639. The van der Waals surface area contributed by atoms with Crippen LogP contribution < -0.4 is 5.32 Å². The van der Waals surface area contributed by atoms with Gasteiger partial charge in [-0.05, 0) is 24.0 Å². The summed E-state index contributed by atoms with van der Waals surface area (Å²) in [5.74, 6) is 0.523. The van der Waals surface area contributed by atoms with Gasteiger partial charge in [0.05, 0.1) is 18.1 Å². The lowest BCUT2D eigenvalue weighted by molar-refractivity contribution is -0.117. The van der Waals surface area contributed by atoms with Gasteiger partial charge in [-0.3, -0.25) is 9.69 Å². The quantitative estimate of drug-likeness (QED) is 0.917. The van der Waals surface area contributed by atoms with E-state index in [1.807, 2.05) is 30.0 Å². The molecule has 1 aliphatic rings. The molecule has 0 aromatic heterocycles. The highest BCUT2D eigenvalue weighted by molar-refractivity contribution is 7.91. The molecule has 0 saturated carbocycles. The van der Waals surface area contributed by atoms with E-state index in [2.05, 4.69) is 19.2 Å². The molecular formula is C16H24N2O3S. The molecule has 1 aromatic rings. The Hall–Kier alpha value is -1.40. The molecule has 0 radical (unpaired) electrons. The van der Waals surface area contributed by atoms with Crippen LogP contribution in [0, 0.1) is 6.92 Å². The zero-order valence-electron chi connectivity index (χ0n) is 13.4. The Kier molecular flexibility index (Phi) is 5.24. The number of carbonyl (C=O) groups excluding carboxylic acids is 1. The first-order chi connectivity index (χ1) is 10.3. The van der Waals surface area contributed by atoms with E-state index in [0.717, 1.165) is 16.8 Å². The third kappa shape index (κ3) is 4.30. The molecule has 1 saturated heterocycles. The van der Waals surface area contributed by atoms with E-state index in [0.29, 0.717) is 19.0 Å². The van der Waals surface area contributed by atoms with Gasteiger partial charge in [-0.1, -0.05) is 32.0 Å². The van der Waals surface area contributed by atoms with Gasteiger partial charge < -0.3 is 5.32 Å². The van der Waals surface area contributed by atoms with Crippen LogP contribution >= 0.6 is 0 Å². The maximum atomic E-state index is 12.3. The van der Waals surface area contributed by atoms with Crippen LogP contribution in [0.3, 0.4) is 0 Å². The smallest absolute Gasteiger partial charge is 0.238 e. The second-order valence-electron chi connectivity index (χ2n) is 6.17. The summed E-state index contributed by atoms with van der Waals surface area (Å²) in [7, 11) is -2.91. The number of nitrogens with one attached hydrogen (secondary N) is 1. The van der Waals surface area contributed by atoms with E-state index in [1.54, 1.807) is 0 Å². The molecule has 1 N–H and O–H groups in total. The van der Waals surface area contributed by atoms with Crippen molar-refractivity contribution in [3.05, 3.63) is 29.3 Å². The third-order valence-corrected chi connectivity index (χ3v) is 5.60.